The molecule has 82 valence electrons. The standard InChI is InChI=1S/C10H21N3O/c1-2-6-13(8-10(11)14)9-4-3-5-12-7-9/h9,12H,2-8H2,1H3,(H2,11,14). The zero-order valence-electron chi connectivity index (χ0n) is 8.96. The first-order chi connectivity index (χ1) is 6.74. The van der Waals surface area contributed by atoms with E-state index in [2.05, 4.69) is 17.1 Å². The molecule has 1 fully saturated rings. The molecular formula is C10H21N3O. The summed E-state index contributed by atoms with van der Waals surface area (Å²) in [5.74, 6) is -0.218. The molecule has 0 aliphatic carbocycles. The summed E-state index contributed by atoms with van der Waals surface area (Å²) in [5, 5.41) is 3.35. The Morgan fingerprint density at radius 1 is 1.64 bits per heavy atom. The number of piperidine rings is 1. The van der Waals surface area contributed by atoms with E-state index in [0.717, 1.165) is 26.1 Å². The predicted molar refractivity (Wildman–Crippen MR) is 57.0 cm³/mol. The topological polar surface area (TPSA) is 58.4 Å². The fraction of sp³-hybridized carbons (Fsp3) is 0.900. The molecule has 0 aromatic rings. The molecule has 0 radical (unpaired) electrons. The Hall–Kier alpha value is -0.610. The summed E-state index contributed by atoms with van der Waals surface area (Å²) in [7, 11) is 0. The van der Waals surface area contributed by atoms with E-state index >= 15 is 0 Å². The Morgan fingerprint density at radius 3 is 2.93 bits per heavy atom. The van der Waals surface area contributed by atoms with Gasteiger partial charge < -0.3 is 11.1 Å². The Labute approximate surface area is 85.8 Å². The Balaban J connectivity index is 2.42. The van der Waals surface area contributed by atoms with Crippen LogP contribution in [0.15, 0.2) is 0 Å². The summed E-state index contributed by atoms with van der Waals surface area (Å²) in [5.41, 5.74) is 5.23. The van der Waals surface area contributed by atoms with E-state index in [4.69, 9.17) is 5.73 Å². The van der Waals surface area contributed by atoms with Crippen molar-refractivity contribution in [1.29, 1.82) is 0 Å². The summed E-state index contributed by atoms with van der Waals surface area (Å²) < 4.78 is 0. The highest BCUT2D eigenvalue weighted by atomic mass is 16.1. The number of rotatable bonds is 5. The largest absolute Gasteiger partial charge is 0.369 e. The summed E-state index contributed by atoms with van der Waals surface area (Å²) >= 11 is 0. The van der Waals surface area contributed by atoms with Crippen LogP contribution in [0.1, 0.15) is 26.2 Å². The number of amides is 1. The van der Waals surface area contributed by atoms with Crippen LogP contribution in [0.3, 0.4) is 0 Å². The summed E-state index contributed by atoms with van der Waals surface area (Å²) in [6, 6.07) is 0.496. The van der Waals surface area contributed by atoms with Gasteiger partial charge in [-0.05, 0) is 32.4 Å². The van der Waals surface area contributed by atoms with Crippen molar-refractivity contribution in [2.75, 3.05) is 26.2 Å². The molecule has 1 amide bonds. The van der Waals surface area contributed by atoms with Gasteiger partial charge in [0.1, 0.15) is 0 Å². The van der Waals surface area contributed by atoms with Crippen molar-refractivity contribution in [3.05, 3.63) is 0 Å². The monoisotopic (exact) mass is 199 g/mol. The van der Waals surface area contributed by atoms with Gasteiger partial charge in [-0.15, -0.1) is 0 Å². The number of carbonyl (C=O) groups is 1. The van der Waals surface area contributed by atoms with Crippen LogP contribution in [0.4, 0.5) is 0 Å². The van der Waals surface area contributed by atoms with Crippen LogP contribution >= 0.6 is 0 Å². The van der Waals surface area contributed by atoms with Gasteiger partial charge >= 0.3 is 0 Å². The van der Waals surface area contributed by atoms with Crippen LogP contribution in [0.5, 0.6) is 0 Å². The summed E-state index contributed by atoms with van der Waals surface area (Å²) in [4.78, 5) is 13.1. The average Bonchev–Trinajstić information content (AvgIpc) is 2.18. The third-order valence-corrected chi connectivity index (χ3v) is 2.66. The molecule has 1 rings (SSSR count). The highest BCUT2D eigenvalue weighted by Gasteiger charge is 2.21. The van der Waals surface area contributed by atoms with Crippen LogP contribution < -0.4 is 11.1 Å². The molecule has 0 aromatic heterocycles. The number of carbonyl (C=O) groups excluding carboxylic acids is 1. The van der Waals surface area contributed by atoms with Crippen molar-refractivity contribution >= 4 is 5.91 Å². The fourth-order valence-corrected chi connectivity index (χ4v) is 2.02. The minimum atomic E-state index is -0.218. The highest BCUT2D eigenvalue weighted by Crippen LogP contribution is 2.10. The molecule has 1 heterocycles. The van der Waals surface area contributed by atoms with Crippen molar-refractivity contribution in [3.63, 3.8) is 0 Å². The second-order valence-corrected chi connectivity index (χ2v) is 3.94. The number of hydrogen-bond donors (Lipinski definition) is 2. The van der Waals surface area contributed by atoms with E-state index in [1.165, 1.54) is 12.8 Å². The number of hydrogen-bond acceptors (Lipinski definition) is 3. The van der Waals surface area contributed by atoms with Gasteiger partial charge in [0.15, 0.2) is 0 Å². The quantitative estimate of drug-likeness (QED) is 0.652. The molecule has 4 heteroatoms. The first-order valence-electron chi connectivity index (χ1n) is 5.47. The van der Waals surface area contributed by atoms with Crippen LogP contribution in [-0.2, 0) is 4.79 Å². The minimum absolute atomic E-state index is 0.218. The molecule has 0 spiro atoms. The maximum absolute atomic E-state index is 10.9. The number of nitrogens with zero attached hydrogens (tertiary/aromatic N) is 1. The second-order valence-electron chi connectivity index (χ2n) is 3.94. The van der Waals surface area contributed by atoms with E-state index in [0.29, 0.717) is 12.6 Å². The van der Waals surface area contributed by atoms with Crippen LogP contribution in [-0.4, -0.2) is 43.0 Å². The lowest BCUT2D eigenvalue weighted by Crippen LogP contribution is -2.49. The second kappa shape index (κ2) is 5.98. The van der Waals surface area contributed by atoms with Gasteiger partial charge in [-0.3, -0.25) is 9.69 Å². The lowest BCUT2D eigenvalue weighted by Gasteiger charge is -2.33. The van der Waals surface area contributed by atoms with Crippen molar-refractivity contribution in [2.45, 2.75) is 32.2 Å². The number of primary amides is 1. The van der Waals surface area contributed by atoms with E-state index in [-0.39, 0.29) is 5.91 Å². The van der Waals surface area contributed by atoms with Crippen LogP contribution in [0.25, 0.3) is 0 Å². The van der Waals surface area contributed by atoms with Gasteiger partial charge in [0.05, 0.1) is 6.54 Å². The first kappa shape index (κ1) is 11.5. The number of nitrogens with two attached hydrogens (primary N) is 1. The Morgan fingerprint density at radius 2 is 2.43 bits per heavy atom. The summed E-state index contributed by atoms with van der Waals surface area (Å²) in [6.07, 6.45) is 3.45. The van der Waals surface area contributed by atoms with Crippen LogP contribution in [0.2, 0.25) is 0 Å². The molecule has 1 aliphatic rings. The maximum Gasteiger partial charge on any atom is 0.231 e. The average molecular weight is 199 g/mol. The zero-order valence-corrected chi connectivity index (χ0v) is 8.96. The number of nitrogens with one attached hydrogen (secondary N) is 1. The molecule has 4 nitrogen and oxygen atoms in total. The molecular weight excluding hydrogens is 178 g/mol. The van der Waals surface area contributed by atoms with Crippen LogP contribution in [0, 0.1) is 0 Å². The summed E-state index contributed by atoms with van der Waals surface area (Å²) in [6.45, 7) is 5.60. The molecule has 3 N–H and O–H groups in total. The molecule has 14 heavy (non-hydrogen) atoms. The van der Waals surface area contributed by atoms with Gasteiger partial charge in [0.25, 0.3) is 0 Å². The van der Waals surface area contributed by atoms with E-state index < -0.39 is 0 Å². The van der Waals surface area contributed by atoms with Gasteiger partial charge in [-0.25, -0.2) is 0 Å². The molecule has 1 unspecified atom stereocenters. The maximum atomic E-state index is 10.9. The SMILES string of the molecule is CCCN(CC(N)=O)C1CCCNC1. The fourth-order valence-electron chi connectivity index (χ4n) is 2.02. The van der Waals surface area contributed by atoms with Crippen molar-refractivity contribution in [3.8, 4) is 0 Å². The van der Waals surface area contributed by atoms with Crippen molar-refractivity contribution in [2.24, 2.45) is 5.73 Å². The van der Waals surface area contributed by atoms with Gasteiger partial charge in [-0.2, -0.15) is 0 Å². The Kier molecular flexibility index (Phi) is 4.90. The van der Waals surface area contributed by atoms with E-state index in [9.17, 15) is 4.79 Å². The molecule has 0 bridgehead atoms. The molecule has 1 saturated heterocycles. The third kappa shape index (κ3) is 3.64. The lowest BCUT2D eigenvalue weighted by molar-refractivity contribution is -0.119. The molecule has 0 aromatic carbocycles. The highest BCUT2D eigenvalue weighted by molar-refractivity contribution is 5.75. The van der Waals surface area contributed by atoms with Crippen molar-refractivity contribution in [1.82, 2.24) is 10.2 Å². The minimum Gasteiger partial charge on any atom is -0.369 e. The lowest BCUT2D eigenvalue weighted by atomic mass is 10.1. The molecule has 0 saturated carbocycles. The molecule has 1 atom stereocenters. The smallest absolute Gasteiger partial charge is 0.231 e. The Bertz CT molecular complexity index is 178. The zero-order chi connectivity index (χ0) is 10.4. The third-order valence-electron chi connectivity index (χ3n) is 2.66. The van der Waals surface area contributed by atoms with Gasteiger partial charge in [0, 0.05) is 12.6 Å². The van der Waals surface area contributed by atoms with Gasteiger partial charge in [-0.1, -0.05) is 6.92 Å². The predicted octanol–water partition coefficient (Wildman–Crippen LogP) is -0.0643. The van der Waals surface area contributed by atoms with Gasteiger partial charge in [0.2, 0.25) is 5.91 Å². The van der Waals surface area contributed by atoms with E-state index in [1.807, 2.05) is 0 Å². The molecule has 1 aliphatic heterocycles. The normalized spacial score (nSPS) is 22.6. The van der Waals surface area contributed by atoms with E-state index in [1.54, 1.807) is 0 Å². The first-order valence-corrected chi connectivity index (χ1v) is 5.47. The van der Waals surface area contributed by atoms with Crippen molar-refractivity contribution < 1.29 is 4.79 Å².